The highest BCUT2D eigenvalue weighted by atomic mass is 32.1. The summed E-state index contributed by atoms with van der Waals surface area (Å²) in [7, 11) is 0. The quantitative estimate of drug-likeness (QED) is 0.337. The Morgan fingerprint density at radius 2 is 2.04 bits per heavy atom. The van der Waals surface area contributed by atoms with Crippen LogP contribution in [0.15, 0.2) is 10.4 Å². The largest absolute Gasteiger partial charge is 0.357 e. The zero-order chi connectivity index (χ0) is 18.5. The molecule has 25 heavy (non-hydrogen) atoms. The van der Waals surface area contributed by atoms with Crippen LogP contribution in [0.1, 0.15) is 57.7 Å². The molecule has 144 valence electrons. The maximum Gasteiger partial charge on any atom is 0.191 e. The molecule has 0 aliphatic rings. The minimum absolute atomic E-state index is 0.440. The third-order valence-corrected chi connectivity index (χ3v) is 5.24. The smallest absolute Gasteiger partial charge is 0.191 e. The van der Waals surface area contributed by atoms with E-state index in [4.69, 9.17) is 4.99 Å². The highest BCUT2D eigenvalue weighted by Gasteiger charge is 2.06. The minimum atomic E-state index is 0.440. The first kappa shape index (κ1) is 21.9. The van der Waals surface area contributed by atoms with Crippen molar-refractivity contribution in [3.63, 3.8) is 0 Å². The van der Waals surface area contributed by atoms with E-state index in [1.54, 1.807) is 11.3 Å². The van der Waals surface area contributed by atoms with Crippen molar-refractivity contribution >= 4 is 17.3 Å². The zero-order valence-corrected chi connectivity index (χ0v) is 17.6. The molecule has 0 saturated heterocycles. The van der Waals surface area contributed by atoms with Crippen LogP contribution in [0.3, 0.4) is 0 Å². The summed E-state index contributed by atoms with van der Waals surface area (Å²) in [5.74, 6) is 0.938. The van der Waals surface area contributed by atoms with E-state index in [1.807, 2.05) is 6.92 Å². The molecule has 0 aliphatic carbocycles. The molecular formula is C19H37N5S. The number of aromatic nitrogens is 1. The average molecular weight is 368 g/mol. The number of nitrogens with one attached hydrogen (secondary N) is 2. The Balaban J connectivity index is 2.30. The van der Waals surface area contributed by atoms with Crippen molar-refractivity contribution in [3.8, 4) is 0 Å². The summed E-state index contributed by atoms with van der Waals surface area (Å²) in [6.07, 6.45) is 4.44. The summed E-state index contributed by atoms with van der Waals surface area (Å²) < 4.78 is 0. The van der Waals surface area contributed by atoms with Crippen LogP contribution < -0.4 is 10.6 Å². The second kappa shape index (κ2) is 13.1. The number of hydrogen-bond donors (Lipinski definition) is 2. The third-order valence-electron chi connectivity index (χ3n) is 4.22. The van der Waals surface area contributed by atoms with Crippen molar-refractivity contribution in [3.05, 3.63) is 16.1 Å². The molecule has 5 nitrogen and oxygen atoms in total. The van der Waals surface area contributed by atoms with Crippen LogP contribution in [-0.2, 0) is 6.42 Å². The second-order valence-electron chi connectivity index (χ2n) is 6.46. The highest BCUT2D eigenvalue weighted by Crippen LogP contribution is 2.10. The van der Waals surface area contributed by atoms with Crippen molar-refractivity contribution in [2.45, 2.75) is 66.3 Å². The maximum atomic E-state index is 4.71. The number of rotatable bonds is 12. The topological polar surface area (TPSA) is 52.6 Å². The van der Waals surface area contributed by atoms with Gasteiger partial charge in [-0.3, -0.25) is 4.99 Å². The van der Waals surface area contributed by atoms with Gasteiger partial charge in [0.15, 0.2) is 5.96 Å². The fraction of sp³-hybridized carbons (Fsp3) is 0.789. The Hall–Kier alpha value is -1.14. The summed E-state index contributed by atoms with van der Waals surface area (Å²) in [4.78, 5) is 11.7. The van der Waals surface area contributed by atoms with Gasteiger partial charge in [-0.05, 0) is 59.7 Å². The van der Waals surface area contributed by atoms with E-state index in [9.17, 15) is 0 Å². The predicted molar refractivity (Wildman–Crippen MR) is 111 cm³/mol. The first-order chi connectivity index (χ1) is 12.1. The molecule has 2 N–H and O–H groups in total. The van der Waals surface area contributed by atoms with Gasteiger partial charge in [0, 0.05) is 36.6 Å². The van der Waals surface area contributed by atoms with Gasteiger partial charge in [0.25, 0.3) is 0 Å². The lowest BCUT2D eigenvalue weighted by Gasteiger charge is -2.21. The van der Waals surface area contributed by atoms with E-state index < -0.39 is 0 Å². The standard InChI is InChI=1S/C19H37N5S/c1-6-20-19(21-13-9-12-18-22-17(5)15-25-18)23-16(4)11-10-14-24(7-2)8-3/h15-16H,6-14H2,1-5H3,(H2,20,21,23). The molecule has 0 saturated carbocycles. The molecular weight excluding hydrogens is 330 g/mol. The van der Waals surface area contributed by atoms with Gasteiger partial charge < -0.3 is 15.5 Å². The van der Waals surface area contributed by atoms with E-state index in [0.717, 1.165) is 50.7 Å². The summed E-state index contributed by atoms with van der Waals surface area (Å²) in [5, 5.41) is 10.2. The number of guanidine groups is 1. The van der Waals surface area contributed by atoms with Crippen LogP contribution in [0.5, 0.6) is 0 Å². The molecule has 0 spiro atoms. The van der Waals surface area contributed by atoms with Crippen molar-refractivity contribution in [2.24, 2.45) is 4.99 Å². The number of nitrogens with zero attached hydrogens (tertiary/aromatic N) is 3. The predicted octanol–water partition coefficient (Wildman–Crippen LogP) is 3.45. The van der Waals surface area contributed by atoms with Gasteiger partial charge in [-0.25, -0.2) is 4.98 Å². The second-order valence-corrected chi connectivity index (χ2v) is 7.40. The molecule has 1 atom stereocenters. The van der Waals surface area contributed by atoms with Crippen molar-refractivity contribution in [1.82, 2.24) is 20.5 Å². The third kappa shape index (κ3) is 9.80. The van der Waals surface area contributed by atoms with E-state index in [0.29, 0.717) is 6.04 Å². The lowest BCUT2D eigenvalue weighted by atomic mass is 10.2. The molecule has 0 bridgehead atoms. The van der Waals surface area contributed by atoms with Gasteiger partial charge in [0.1, 0.15) is 0 Å². The molecule has 6 heteroatoms. The lowest BCUT2D eigenvalue weighted by Crippen LogP contribution is -2.42. The van der Waals surface area contributed by atoms with Gasteiger partial charge in [-0.1, -0.05) is 13.8 Å². The molecule has 0 amide bonds. The molecule has 1 heterocycles. The number of hydrogen-bond acceptors (Lipinski definition) is 4. The molecule has 1 aromatic rings. The fourth-order valence-electron chi connectivity index (χ4n) is 2.73. The summed E-state index contributed by atoms with van der Waals surface area (Å²) in [6, 6.07) is 0.440. The van der Waals surface area contributed by atoms with E-state index in [2.05, 4.69) is 53.6 Å². The Kier molecular flexibility index (Phi) is 11.5. The zero-order valence-electron chi connectivity index (χ0n) is 16.8. The monoisotopic (exact) mass is 367 g/mol. The molecule has 0 aliphatic heterocycles. The molecule has 1 unspecified atom stereocenters. The van der Waals surface area contributed by atoms with Gasteiger partial charge in [-0.2, -0.15) is 0 Å². The number of aliphatic imine (C=N–C) groups is 1. The van der Waals surface area contributed by atoms with Crippen LogP contribution in [0.2, 0.25) is 0 Å². The first-order valence-corrected chi connectivity index (χ1v) is 10.6. The number of aryl methyl sites for hydroxylation is 2. The van der Waals surface area contributed by atoms with Crippen LogP contribution in [0.4, 0.5) is 0 Å². The van der Waals surface area contributed by atoms with Crippen LogP contribution in [-0.4, -0.2) is 54.6 Å². The Labute approximate surface area is 158 Å². The van der Waals surface area contributed by atoms with Crippen molar-refractivity contribution in [1.29, 1.82) is 0 Å². The molecule has 0 fully saturated rings. The summed E-state index contributed by atoms with van der Waals surface area (Å²) >= 11 is 1.75. The summed E-state index contributed by atoms with van der Waals surface area (Å²) in [6.45, 7) is 16.1. The lowest BCUT2D eigenvalue weighted by molar-refractivity contribution is 0.292. The Morgan fingerprint density at radius 3 is 2.64 bits per heavy atom. The van der Waals surface area contributed by atoms with Gasteiger partial charge in [0.2, 0.25) is 0 Å². The van der Waals surface area contributed by atoms with Crippen LogP contribution in [0.25, 0.3) is 0 Å². The fourth-order valence-corrected chi connectivity index (χ4v) is 3.54. The Morgan fingerprint density at radius 1 is 1.28 bits per heavy atom. The average Bonchev–Trinajstić information content (AvgIpc) is 3.01. The Bertz CT molecular complexity index is 482. The molecule has 0 radical (unpaired) electrons. The van der Waals surface area contributed by atoms with Crippen LogP contribution in [0, 0.1) is 6.92 Å². The summed E-state index contributed by atoms with van der Waals surface area (Å²) in [5.41, 5.74) is 1.12. The molecule has 1 rings (SSSR count). The molecule has 0 aromatic carbocycles. The van der Waals surface area contributed by atoms with E-state index >= 15 is 0 Å². The van der Waals surface area contributed by atoms with Crippen molar-refractivity contribution in [2.75, 3.05) is 32.7 Å². The minimum Gasteiger partial charge on any atom is -0.357 e. The molecule has 1 aromatic heterocycles. The van der Waals surface area contributed by atoms with Gasteiger partial charge >= 0.3 is 0 Å². The SMILES string of the molecule is CCNC(=NCCCc1nc(C)cs1)NC(C)CCCN(CC)CC. The van der Waals surface area contributed by atoms with Crippen LogP contribution >= 0.6 is 11.3 Å². The first-order valence-electron chi connectivity index (χ1n) is 9.77. The van der Waals surface area contributed by atoms with Gasteiger partial charge in [0.05, 0.1) is 5.01 Å². The van der Waals surface area contributed by atoms with E-state index in [1.165, 1.54) is 24.4 Å². The van der Waals surface area contributed by atoms with Gasteiger partial charge in [-0.15, -0.1) is 11.3 Å². The van der Waals surface area contributed by atoms with Crippen molar-refractivity contribution < 1.29 is 0 Å². The number of thiazole rings is 1. The maximum absolute atomic E-state index is 4.71. The normalized spacial score (nSPS) is 13.3. The highest BCUT2D eigenvalue weighted by molar-refractivity contribution is 7.09. The van der Waals surface area contributed by atoms with E-state index in [-0.39, 0.29) is 0 Å².